The molecular weight excluding hydrogens is 497 g/mol. The van der Waals surface area contributed by atoms with Crippen molar-refractivity contribution < 1.29 is 18.0 Å². The second-order valence-electron chi connectivity index (χ2n) is 8.80. The Labute approximate surface area is 208 Å². The van der Waals surface area contributed by atoms with Crippen LogP contribution in [0.2, 0.25) is 10.0 Å². The molecule has 10 heteroatoms. The lowest BCUT2D eigenvalue weighted by Gasteiger charge is -2.27. The van der Waals surface area contributed by atoms with Crippen LogP contribution in [0, 0.1) is 11.3 Å². The van der Waals surface area contributed by atoms with Crippen LogP contribution in [0.3, 0.4) is 0 Å². The predicted octanol–water partition coefficient (Wildman–Crippen LogP) is 3.71. The van der Waals surface area contributed by atoms with Crippen LogP contribution >= 0.6 is 23.2 Å². The van der Waals surface area contributed by atoms with Crippen molar-refractivity contribution in [2.75, 3.05) is 6.54 Å². The van der Waals surface area contributed by atoms with Gasteiger partial charge in [-0.05, 0) is 56.0 Å². The summed E-state index contributed by atoms with van der Waals surface area (Å²) >= 11 is 12.1. The summed E-state index contributed by atoms with van der Waals surface area (Å²) in [5.74, 6) is -1.52. The lowest BCUT2D eigenvalue weighted by atomic mass is 9.99. The third-order valence-corrected chi connectivity index (χ3v) is 9.38. The molecule has 1 aliphatic carbocycles. The van der Waals surface area contributed by atoms with Gasteiger partial charge in [-0.1, -0.05) is 47.5 Å². The van der Waals surface area contributed by atoms with E-state index in [0.29, 0.717) is 23.4 Å². The summed E-state index contributed by atoms with van der Waals surface area (Å²) in [6.07, 6.45) is 0.969. The van der Waals surface area contributed by atoms with E-state index in [4.69, 9.17) is 23.2 Å². The molecule has 0 aromatic heterocycles. The summed E-state index contributed by atoms with van der Waals surface area (Å²) in [5.41, 5.74) is -0.241. The number of hydrogen-bond acceptors (Lipinski definition) is 5. The Hall–Kier alpha value is -2.60. The Bertz CT molecular complexity index is 1270. The molecule has 0 spiro atoms. The van der Waals surface area contributed by atoms with Gasteiger partial charge in [-0.15, -0.1) is 0 Å². The first kappa shape index (κ1) is 24.5. The van der Waals surface area contributed by atoms with Crippen LogP contribution in [-0.2, 0) is 19.4 Å². The van der Waals surface area contributed by atoms with Gasteiger partial charge >= 0.3 is 0 Å². The number of nitrogens with zero attached hydrogens (tertiary/aromatic N) is 2. The topological polar surface area (TPSA) is 107 Å². The van der Waals surface area contributed by atoms with E-state index in [9.17, 15) is 23.3 Å². The van der Waals surface area contributed by atoms with Crippen LogP contribution < -0.4 is 5.32 Å². The van der Waals surface area contributed by atoms with Crippen molar-refractivity contribution in [2.45, 2.75) is 53.8 Å². The molecule has 2 fully saturated rings. The van der Waals surface area contributed by atoms with Gasteiger partial charge in [0.25, 0.3) is 0 Å². The minimum atomic E-state index is -3.92. The highest BCUT2D eigenvalue weighted by Crippen LogP contribution is 2.37. The molecule has 2 aliphatic rings. The molecule has 2 amide bonds. The van der Waals surface area contributed by atoms with Gasteiger partial charge in [-0.2, -0.15) is 5.26 Å². The first-order chi connectivity index (χ1) is 16.1. The maximum atomic E-state index is 13.5. The zero-order chi connectivity index (χ0) is 24.7. The van der Waals surface area contributed by atoms with E-state index >= 15 is 0 Å². The molecule has 34 heavy (non-hydrogen) atoms. The maximum absolute atomic E-state index is 13.5. The van der Waals surface area contributed by atoms with Crippen LogP contribution in [0.1, 0.15) is 37.7 Å². The highest BCUT2D eigenvalue weighted by atomic mass is 35.5. The van der Waals surface area contributed by atoms with Gasteiger partial charge in [-0.3, -0.25) is 9.59 Å². The molecule has 1 N–H and O–H groups in total. The average Bonchev–Trinajstić information content (AvgIpc) is 3.43. The molecule has 3 atom stereocenters. The molecule has 1 heterocycles. The number of sulfone groups is 1. The van der Waals surface area contributed by atoms with Crippen molar-refractivity contribution in [1.82, 2.24) is 10.2 Å². The summed E-state index contributed by atoms with van der Waals surface area (Å²) in [5, 5.41) is 11.7. The summed E-state index contributed by atoms with van der Waals surface area (Å²) in [6.45, 7) is 1.55. The van der Waals surface area contributed by atoms with Gasteiger partial charge in [-0.25, -0.2) is 8.42 Å². The van der Waals surface area contributed by atoms with Gasteiger partial charge in [0.2, 0.25) is 11.8 Å². The highest BCUT2D eigenvalue weighted by molar-refractivity contribution is 7.92. The molecule has 1 saturated heterocycles. The Kier molecular flexibility index (Phi) is 6.65. The summed E-state index contributed by atoms with van der Waals surface area (Å²) in [7, 11) is -3.92. The second-order valence-corrected chi connectivity index (χ2v) is 11.8. The van der Waals surface area contributed by atoms with E-state index in [-0.39, 0.29) is 28.8 Å². The van der Waals surface area contributed by atoms with Gasteiger partial charge in [0.05, 0.1) is 27.2 Å². The Morgan fingerprint density at radius 2 is 1.79 bits per heavy atom. The number of nitrogens with one attached hydrogen (secondary N) is 1. The third kappa shape index (κ3) is 4.65. The van der Waals surface area contributed by atoms with Crippen molar-refractivity contribution in [2.24, 2.45) is 0 Å². The van der Waals surface area contributed by atoms with E-state index in [2.05, 4.69) is 11.4 Å². The molecule has 1 saturated carbocycles. The lowest BCUT2D eigenvalue weighted by molar-refractivity contribution is -0.139. The van der Waals surface area contributed by atoms with E-state index in [1.165, 1.54) is 17.0 Å². The fourth-order valence-electron chi connectivity index (χ4n) is 4.22. The minimum Gasteiger partial charge on any atom is -0.336 e. The number of nitriles is 1. The number of hydrogen-bond donors (Lipinski definition) is 1. The normalized spacial score (nSPS) is 22.0. The molecule has 4 rings (SSSR count). The van der Waals surface area contributed by atoms with Crippen LogP contribution in [0.15, 0.2) is 53.4 Å². The second kappa shape index (κ2) is 9.21. The maximum Gasteiger partial charge on any atom is 0.244 e. The van der Waals surface area contributed by atoms with Crippen molar-refractivity contribution in [3.8, 4) is 6.07 Å². The summed E-state index contributed by atoms with van der Waals surface area (Å²) in [6, 6.07) is 14.0. The Balaban J connectivity index is 1.65. The summed E-state index contributed by atoms with van der Waals surface area (Å²) in [4.78, 5) is 27.9. The number of halogens is 2. The molecule has 2 aromatic rings. The van der Waals surface area contributed by atoms with Crippen molar-refractivity contribution in [3.63, 3.8) is 0 Å². The number of carbonyl (C=O) groups is 2. The molecule has 3 unspecified atom stereocenters. The average molecular weight is 520 g/mol. The third-order valence-electron chi connectivity index (χ3n) is 6.50. The standard InChI is InChI=1S/C24H23Cl2N3O4S/c1-15(16-6-8-17(25)9-7-16)23(31)29-13-18(34(32,33)21-5-3-2-4-19(21)26)12-20(29)22(30)28-24(14-27)10-11-24/h2-9,15,18,20H,10-13H2,1H3,(H,28,30). The first-order valence-corrected chi connectivity index (χ1v) is 13.2. The zero-order valence-corrected chi connectivity index (χ0v) is 20.7. The predicted molar refractivity (Wildman–Crippen MR) is 128 cm³/mol. The Morgan fingerprint density at radius 1 is 1.15 bits per heavy atom. The van der Waals surface area contributed by atoms with Gasteiger partial charge in [0.1, 0.15) is 11.6 Å². The van der Waals surface area contributed by atoms with Gasteiger partial charge in [0.15, 0.2) is 9.84 Å². The van der Waals surface area contributed by atoms with Crippen molar-refractivity contribution in [1.29, 1.82) is 5.26 Å². The van der Waals surface area contributed by atoms with Crippen LogP contribution in [-0.4, -0.2) is 48.5 Å². The smallest absolute Gasteiger partial charge is 0.244 e. The van der Waals surface area contributed by atoms with Crippen molar-refractivity contribution >= 4 is 44.9 Å². The molecule has 2 aromatic carbocycles. The number of carbonyl (C=O) groups excluding carboxylic acids is 2. The van der Waals surface area contributed by atoms with Crippen LogP contribution in [0.4, 0.5) is 0 Å². The zero-order valence-electron chi connectivity index (χ0n) is 18.4. The number of likely N-dealkylation sites (tertiary alicyclic amines) is 1. The molecular formula is C24H23Cl2N3O4S. The largest absolute Gasteiger partial charge is 0.336 e. The Morgan fingerprint density at radius 3 is 2.38 bits per heavy atom. The van der Waals surface area contributed by atoms with E-state index in [1.807, 2.05) is 0 Å². The van der Waals surface area contributed by atoms with E-state index < -0.39 is 38.5 Å². The molecule has 0 bridgehead atoms. The molecule has 1 aliphatic heterocycles. The van der Waals surface area contributed by atoms with E-state index in [0.717, 1.165) is 0 Å². The lowest BCUT2D eigenvalue weighted by Crippen LogP contribution is -2.50. The minimum absolute atomic E-state index is 0.0310. The van der Waals surface area contributed by atoms with E-state index in [1.54, 1.807) is 43.3 Å². The molecule has 0 radical (unpaired) electrons. The number of amides is 2. The quantitative estimate of drug-likeness (QED) is 0.625. The highest BCUT2D eigenvalue weighted by Gasteiger charge is 2.50. The monoisotopic (exact) mass is 519 g/mol. The van der Waals surface area contributed by atoms with Crippen molar-refractivity contribution in [3.05, 3.63) is 64.1 Å². The van der Waals surface area contributed by atoms with Gasteiger partial charge in [0, 0.05) is 11.6 Å². The first-order valence-electron chi connectivity index (χ1n) is 10.9. The number of benzene rings is 2. The van der Waals surface area contributed by atoms with Crippen LogP contribution in [0.5, 0.6) is 0 Å². The molecule has 7 nitrogen and oxygen atoms in total. The van der Waals surface area contributed by atoms with Gasteiger partial charge < -0.3 is 10.2 Å². The van der Waals surface area contributed by atoms with Crippen LogP contribution in [0.25, 0.3) is 0 Å². The fourth-order valence-corrected chi connectivity index (χ4v) is 6.57. The SMILES string of the molecule is CC(C(=O)N1CC(S(=O)(=O)c2ccccc2Cl)CC1C(=O)NC1(C#N)CC1)c1ccc(Cl)cc1. The fraction of sp³-hybridized carbons (Fsp3) is 0.375. The summed E-state index contributed by atoms with van der Waals surface area (Å²) < 4.78 is 26.8. The molecule has 178 valence electrons. The number of rotatable bonds is 6.